The maximum Gasteiger partial charge on any atom is 0.154 e. The SMILES string of the molecule is Clc1ccccc1-c1cc2c(N3CCCNCC3)nccn2n1. The predicted molar refractivity (Wildman–Crippen MR) is 93.1 cm³/mol. The Bertz CT molecular complexity index is 821. The van der Waals surface area contributed by atoms with Crippen molar-refractivity contribution in [3.05, 3.63) is 47.7 Å². The van der Waals surface area contributed by atoms with Crippen molar-refractivity contribution in [2.75, 3.05) is 31.1 Å². The Morgan fingerprint density at radius 2 is 2.04 bits per heavy atom. The zero-order valence-corrected chi connectivity index (χ0v) is 13.5. The predicted octanol–water partition coefficient (Wildman–Crippen LogP) is 2.85. The van der Waals surface area contributed by atoms with E-state index in [2.05, 4.69) is 26.4 Å². The highest BCUT2D eigenvalue weighted by atomic mass is 35.5. The zero-order valence-electron chi connectivity index (χ0n) is 12.7. The molecule has 6 heteroatoms. The van der Waals surface area contributed by atoms with E-state index in [1.165, 1.54) is 0 Å². The lowest BCUT2D eigenvalue weighted by Crippen LogP contribution is -2.29. The largest absolute Gasteiger partial charge is 0.354 e. The second kappa shape index (κ2) is 6.18. The lowest BCUT2D eigenvalue weighted by molar-refractivity contribution is 0.724. The molecule has 1 aliphatic rings. The minimum Gasteiger partial charge on any atom is -0.354 e. The summed E-state index contributed by atoms with van der Waals surface area (Å²) in [5, 5.41) is 8.81. The first-order chi connectivity index (χ1) is 11.3. The maximum atomic E-state index is 6.31. The molecule has 1 saturated heterocycles. The van der Waals surface area contributed by atoms with Gasteiger partial charge < -0.3 is 10.2 Å². The molecule has 0 bridgehead atoms. The van der Waals surface area contributed by atoms with Crippen LogP contribution in [0.25, 0.3) is 16.8 Å². The molecule has 1 aliphatic heterocycles. The summed E-state index contributed by atoms with van der Waals surface area (Å²) in [4.78, 5) is 6.93. The van der Waals surface area contributed by atoms with E-state index >= 15 is 0 Å². The molecule has 2 aromatic heterocycles. The van der Waals surface area contributed by atoms with Gasteiger partial charge in [0.15, 0.2) is 5.82 Å². The Morgan fingerprint density at radius 3 is 2.96 bits per heavy atom. The standard InChI is InChI=1S/C17H18ClN5/c18-14-5-2-1-4-13(14)15-12-16-17(20-8-11-23(16)21-15)22-9-3-6-19-7-10-22/h1-2,4-5,8,11-12,19H,3,6-7,9-10H2. The normalized spacial score (nSPS) is 15.8. The van der Waals surface area contributed by atoms with E-state index in [0.717, 1.165) is 55.2 Å². The average molecular weight is 328 g/mol. The van der Waals surface area contributed by atoms with Crippen molar-refractivity contribution in [1.29, 1.82) is 0 Å². The van der Waals surface area contributed by atoms with Gasteiger partial charge in [-0.05, 0) is 25.1 Å². The highest BCUT2D eigenvalue weighted by Gasteiger charge is 2.16. The summed E-state index contributed by atoms with van der Waals surface area (Å²) in [5.74, 6) is 0.988. The maximum absolute atomic E-state index is 6.31. The molecule has 5 nitrogen and oxygen atoms in total. The van der Waals surface area contributed by atoms with Crippen LogP contribution in [0.5, 0.6) is 0 Å². The fraction of sp³-hybridized carbons (Fsp3) is 0.294. The number of nitrogens with one attached hydrogen (secondary N) is 1. The minimum absolute atomic E-state index is 0.712. The van der Waals surface area contributed by atoms with E-state index in [0.29, 0.717) is 5.02 Å². The Balaban J connectivity index is 1.80. The lowest BCUT2D eigenvalue weighted by atomic mass is 10.1. The van der Waals surface area contributed by atoms with Gasteiger partial charge in [0.2, 0.25) is 0 Å². The first kappa shape index (κ1) is 14.5. The van der Waals surface area contributed by atoms with Gasteiger partial charge in [-0.3, -0.25) is 0 Å². The average Bonchev–Trinajstić information content (AvgIpc) is 2.82. The van der Waals surface area contributed by atoms with Gasteiger partial charge in [0.25, 0.3) is 0 Å². The lowest BCUT2D eigenvalue weighted by Gasteiger charge is -2.21. The highest BCUT2D eigenvalue weighted by molar-refractivity contribution is 6.33. The van der Waals surface area contributed by atoms with Gasteiger partial charge in [-0.2, -0.15) is 5.10 Å². The number of fused-ring (bicyclic) bond motifs is 1. The van der Waals surface area contributed by atoms with Crippen LogP contribution in [-0.2, 0) is 0 Å². The monoisotopic (exact) mass is 327 g/mol. The molecule has 0 radical (unpaired) electrons. The Hall–Kier alpha value is -2.11. The molecule has 0 saturated carbocycles. The van der Waals surface area contributed by atoms with Crippen LogP contribution in [-0.4, -0.2) is 40.8 Å². The molecule has 4 rings (SSSR count). The van der Waals surface area contributed by atoms with Crippen LogP contribution >= 0.6 is 11.6 Å². The van der Waals surface area contributed by atoms with E-state index in [-0.39, 0.29) is 0 Å². The zero-order chi connectivity index (χ0) is 15.6. The first-order valence-electron chi connectivity index (χ1n) is 7.88. The van der Waals surface area contributed by atoms with E-state index in [9.17, 15) is 0 Å². The molecular formula is C17H18ClN5. The molecule has 0 unspecified atom stereocenters. The van der Waals surface area contributed by atoms with E-state index < -0.39 is 0 Å². The van der Waals surface area contributed by atoms with Gasteiger partial charge in [-0.25, -0.2) is 9.50 Å². The second-order valence-corrected chi connectivity index (χ2v) is 6.09. The van der Waals surface area contributed by atoms with E-state index in [4.69, 9.17) is 11.6 Å². The molecule has 0 amide bonds. The third-order valence-corrected chi connectivity index (χ3v) is 4.49. The highest BCUT2D eigenvalue weighted by Crippen LogP contribution is 2.29. The number of benzene rings is 1. The molecule has 0 atom stereocenters. The van der Waals surface area contributed by atoms with E-state index in [1.54, 1.807) is 0 Å². The molecule has 0 aliphatic carbocycles. The molecule has 1 N–H and O–H groups in total. The van der Waals surface area contributed by atoms with Crippen LogP contribution in [0.15, 0.2) is 42.7 Å². The Kier molecular flexibility index (Phi) is 3.89. The van der Waals surface area contributed by atoms with Crippen molar-refractivity contribution in [2.24, 2.45) is 0 Å². The molecule has 1 aromatic carbocycles. The molecule has 23 heavy (non-hydrogen) atoms. The fourth-order valence-corrected chi connectivity index (χ4v) is 3.24. The van der Waals surface area contributed by atoms with Crippen LogP contribution in [0, 0.1) is 0 Å². The number of nitrogens with zero attached hydrogens (tertiary/aromatic N) is 4. The van der Waals surface area contributed by atoms with Crippen LogP contribution in [0.4, 0.5) is 5.82 Å². The third-order valence-electron chi connectivity index (χ3n) is 4.16. The summed E-state index contributed by atoms with van der Waals surface area (Å²) in [6, 6.07) is 9.86. The summed E-state index contributed by atoms with van der Waals surface area (Å²) in [6.07, 6.45) is 4.81. The third kappa shape index (κ3) is 2.78. The molecule has 3 heterocycles. The molecular weight excluding hydrogens is 310 g/mol. The topological polar surface area (TPSA) is 45.5 Å². The fourth-order valence-electron chi connectivity index (χ4n) is 3.01. The van der Waals surface area contributed by atoms with Crippen molar-refractivity contribution < 1.29 is 0 Å². The summed E-state index contributed by atoms with van der Waals surface area (Å²) in [7, 11) is 0. The van der Waals surface area contributed by atoms with Gasteiger partial charge in [0.1, 0.15) is 5.52 Å². The molecule has 1 fully saturated rings. The molecule has 3 aromatic rings. The smallest absolute Gasteiger partial charge is 0.154 e. The first-order valence-corrected chi connectivity index (χ1v) is 8.26. The van der Waals surface area contributed by atoms with E-state index in [1.807, 2.05) is 41.2 Å². The van der Waals surface area contributed by atoms with Crippen LogP contribution in [0.2, 0.25) is 5.02 Å². The van der Waals surface area contributed by atoms with Gasteiger partial charge in [-0.1, -0.05) is 29.8 Å². The molecule has 0 spiro atoms. The van der Waals surface area contributed by atoms with Gasteiger partial charge >= 0.3 is 0 Å². The van der Waals surface area contributed by atoms with Crippen molar-refractivity contribution in [3.8, 4) is 11.3 Å². The number of halogens is 1. The second-order valence-electron chi connectivity index (χ2n) is 5.68. The van der Waals surface area contributed by atoms with Crippen molar-refractivity contribution in [3.63, 3.8) is 0 Å². The van der Waals surface area contributed by atoms with Gasteiger partial charge in [0, 0.05) is 37.6 Å². The summed E-state index contributed by atoms with van der Waals surface area (Å²) in [6.45, 7) is 4.00. The Labute approximate surface area is 139 Å². The summed E-state index contributed by atoms with van der Waals surface area (Å²) < 4.78 is 1.89. The van der Waals surface area contributed by atoms with Gasteiger partial charge in [-0.15, -0.1) is 0 Å². The van der Waals surface area contributed by atoms with Crippen molar-refractivity contribution in [2.45, 2.75) is 6.42 Å². The summed E-state index contributed by atoms with van der Waals surface area (Å²) in [5.41, 5.74) is 2.84. The number of rotatable bonds is 2. The van der Waals surface area contributed by atoms with Crippen LogP contribution < -0.4 is 10.2 Å². The van der Waals surface area contributed by atoms with Crippen molar-refractivity contribution >= 4 is 22.9 Å². The Morgan fingerprint density at radius 1 is 1.13 bits per heavy atom. The van der Waals surface area contributed by atoms with Gasteiger partial charge in [0.05, 0.1) is 10.7 Å². The van der Waals surface area contributed by atoms with Crippen LogP contribution in [0.1, 0.15) is 6.42 Å². The number of hydrogen-bond donors (Lipinski definition) is 1. The minimum atomic E-state index is 0.712. The van der Waals surface area contributed by atoms with Crippen molar-refractivity contribution in [1.82, 2.24) is 19.9 Å². The number of aromatic nitrogens is 3. The summed E-state index contributed by atoms with van der Waals surface area (Å²) >= 11 is 6.31. The number of hydrogen-bond acceptors (Lipinski definition) is 4. The van der Waals surface area contributed by atoms with Crippen LogP contribution in [0.3, 0.4) is 0 Å². The number of anilines is 1. The molecule has 118 valence electrons. The quantitative estimate of drug-likeness (QED) is 0.786.